The number of fused-ring (bicyclic) bond motifs is 2. The van der Waals surface area contributed by atoms with Crippen molar-refractivity contribution in [3.63, 3.8) is 0 Å². The van der Waals surface area contributed by atoms with Gasteiger partial charge < -0.3 is 20.4 Å². The number of hydrogen-bond donors (Lipinski definition) is 2. The number of nitrogens with one attached hydrogen (secondary N) is 2. The van der Waals surface area contributed by atoms with E-state index in [9.17, 15) is 0 Å². The molecule has 2 fully saturated rings. The maximum Gasteiger partial charge on any atom is 0.0957 e. The highest BCUT2D eigenvalue weighted by atomic mass is 15.2. The van der Waals surface area contributed by atoms with Crippen LogP contribution in [0.5, 0.6) is 0 Å². The zero-order valence-corrected chi connectivity index (χ0v) is 12.8. The zero-order valence-electron chi connectivity index (χ0n) is 12.8. The summed E-state index contributed by atoms with van der Waals surface area (Å²) in [5.41, 5.74) is 4.43. The Labute approximate surface area is 126 Å². The Morgan fingerprint density at radius 2 is 1.90 bits per heavy atom. The van der Waals surface area contributed by atoms with Crippen LogP contribution in [0.2, 0.25) is 0 Å². The Morgan fingerprint density at radius 3 is 2.62 bits per heavy atom. The van der Waals surface area contributed by atoms with Crippen molar-refractivity contribution in [2.45, 2.75) is 18.3 Å². The number of piperazine rings is 1. The third kappa shape index (κ3) is 2.27. The highest BCUT2D eigenvalue weighted by Crippen LogP contribution is 2.52. The average Bonchev–Trinajstić information content (AvgIpc) is 3.29. The maximum atomic E-state index is 4.05. The van der Waals surface area contributed by atoms with Gasteiger partial charge in [-0.3, -0.25) is 0 Å². The lowest BCUT2D eigenvalue weighted by molar-refractivity contribution is 0.313. The minimum atomic E-state index is 0.338. The second-order valence-electron chi connectivity index (χ2n) is 6.76. The molecule has 1 aromatic rings. The van der Waals surface area contributed by atoms with Crippen LogP contribution < -0.4 is 15.5 Å². The summed E-state index contributed by atoms with van der Waals surface area (Å²) in [6, 6.07) is 6.91. The normalized spacial score (nSPS) is 24.0. The smallest absolute Gasteiger partial charge is 0.0957 e. The van der Waals surface area contributed by atoms with Crippen molar-refractivity contribution in [2.24, 2.45) is 0 Å². The van der Waals surface area contributed by atoms with Crippen molar-refractivity contribution in [1.29, 1.82) is 0 Å². The summed E-state index contributed by atoms with van der Waals surface area (Å²) in [6.45, 7) is 9.62. The molecule has 4 heteroatoms. The van der Waals surface area contributed by atoms with Gasteiger partial charge in [-0.05, 0) is 43.7 Å². The molecule has 21 heavy (non-hydrogen) atoms. The van der Waals surface area contributed by atoms with E-state index in [-0.39, 0.29) is 0 Å². The molecule has 112 valence electrons. The molecule has 0 unspecified atom stereocenters. The molecule has 2 N–H and O–H groups in total. The molecule has 0 atom stereocenters. The first-order valence-corrected chi connectivity index (χ1v) is 7.94. The lowest BCUT2D eigenvalue weighted by Gasteiger charge is -2.34. The van der Waals surface area contributed by atoms with Crippen LogP contribution in [-0.4, -0.2) is 44.7 Å². The molecule has 0 radical (unpaired) electrons. The van der Waals surface area contributed by atoms with E-state index >= 15 is 0 Å². The third-order valence-corrected chi connectivity index (χ3v) is 5.22. The summed E-state index contributed by atoms with van der Waals surface area (Å²) in [4.78, 5) is 4.92. The second kappa shape index (κ2) is 4.67. The Morgan fingerprint density at radius 1 is 1.14 bits per heavy atom. The molecule has 0 amide bonds. The minimum absolute atomic E-state index is 0.338. The van der Waals surface area contributed by atoms with Gasteiger partial charge in [-0.1, -0.05) is 6.58 Å². The van der Waals surface area contributed by atoms with Gasteiger partial charge in [-0.2, -0.15) is 0 Å². The molecule has 1 aromatic carbocycles. The fraction of sp³-hybridized carbons (Fsp3) is 0.529. The summed E-state index contributed by atoms with van der Waals surface area (Å²) in [5, 5.41) is 6.85. The third-order valence-electron chi connectivity index (χ3n) is 5.22. The first kappa shape index (κ1) is 13.0. The van der Waals surface area contributed by atoms with E-state index in [1.165, 1.54) is 29.8 Å². The van der Waals surface area contributed by atoms with Gasteiger partial charge in [0.25, 0.3) is 0 Å². The van der Waals surface area contributed by atoms with Crippen LogP contribution in [0, 0.1) is 0 Å². The molecule has 2 aliphatic heterocycles. The van der Waals surface area contributed by atoms with E-state index in [0.717, 1.165) is 38.5 Å². The molecule has 1 saturated heterocycles. The molecular weight excluding hydrogens is 260 g/mol. The second-order valence-corrected chi connectivity index (χ2v) is 6.76. The van der Waals surface area contributed by atoms with Crippen LogP contribution in [0.15, 0.2) is 30.6 Å². The average molecular weight is 284 g/mol. The Kier molecular flexibility index (Phi) is 2.89. The van der Waals surface area contributed by atoms with E-state index in [1.807, 2.05) is 0 Å². The van der Waals surface area contributed by atoms with E-state index in [1.54, 1.807) is 0 Å². The molecule has 4 rings (SSSR count). The largest absolute Gasteiger partial charge is 0.371 e. The summed E-state index contributed by atoms with van der Waals surface area (Å²) >= 11 is 0. The highest BCUT2D eigenvalue weighted by molar-refractivity contribution is 5.67. The maximum absolute atomic E-state index is 4.05. The Balaban J connectivity index is 1.67. The first-order chi connectivity index (χ1) is 10.2. The lowest BCUT2D eigenvalue weighted by Crippen LogP contribution is -2.44. The van der Waals surface area contributed by atoms with Crippen molar-refractivity contribution < 1.29 is 0 Å². The fourth-order valence-electron chi connectivity index (χ4n) is 3.52. The van der Waals surface area contributed by atoms with Crippen LogP contribution >= 0.6 is 0 Å². The van der Waals surface area contributed by atoms with E-state index in [0.29, 0.717) is 5.41 Å². The van der Waals surface area contributed by atoms with Gasteiger partial charge in [0.15, 0.2) is 0 Å². The first-order valence-electron chi connectivity index (χ1n) is 7.94. The molecule has 3 aliphatic rings. The molecular formula is C17H24N4. The highest BCUT2D eigenvalue weighted by Gasteiger charge is 2.46. The monoisotopic (exact) mass is 284 g/mol. The minimum Gasteiger partial charge on any atom is -0.371 e. The summed E-state index contributed by atoms with van der Waals surface area (Å²) < 4.78 is 0. The molecule has 0 aromatic heterocycles. The number of benzene rings is 1. The summed E-state index contributed by atoms with van der Waals surface area (Å²) in [6.07, 6.45) is 2.57. The van der Waals surface area contributed by atoms with E-state index in [4.69, 9.17) is 0 Å². The molecule has 2 heterocycles. The summed E-state index contributed by atoms with van der Waals surface area (Å²) in [7, 11) is 2.20. The van der Waals surface area contributed by atoms with Gasteiger partial charge in [-0.25, -0.2) is 0 Å². The van der Waals surface area contributed by atoms with Gasteiger partial charge >= 0.3 is 0 Å². The van der Waals surface area contributed by atoms with Crippen LogP contribution in [0.3, 0.4) is 0 Å². The SMILES string of the molecule is C=C1NCC2(CC2)c2cc(N3CCN(C)CC3)ccc2N1. The van der Waals surface area contributed by atoms with E-state index in [2.05, 4.69) is 52.3 Å². The van der Waals surface area contributed by atoms with Crippen molar-refractivity contribution in [3.8, 4) is 0 Å². The van der Waals surface area contributed by atoms with Crippen LogP contribution in [0.4, 0.5) is 11.4 Å². The van der Waals surface area contributed by atoms with E-state index < -0.39 is 0 Å². The lowest BCUT2D eigenvalue weighted by atomic mass is 9.93. The van der Waals surface area contributed by atoms with Gasteiger partial charge in [0.1, 0.15) is 0 Å². The van der Waals surface area contributed by atoms with Crippen LogP contribution in [0.25, 0.3) is 0 Å². The molecule has 0 bridgehead atoms. The van der Waals surface area contributed by atoms with Crippen LogP contribution in [0.1, 0.15) is 18.4 Å². The van der Waals surface area contributed by atoms with Crippen LogP contribution in [-0.2, 0) is 5.41 Å². The van der Waals surface area contributed by atoms with Crippen molar-refractivity contribution >= 4 is 11.4 Å². The van der Waals surface area contributed by atoms with Crippen molar-refractivity contribution in [1.82, 2.24) is 10.2 Å². The van der Waals surface area contributed by atoms with Gasteiger partial charge in [-0.15, -0.1) is 0 Å². The predicted octanol–water partition coefficient (Wildman–Crippen LogP) is 1.96. The van der Waals surface area contributed by atoms with Crippen molar-refractivity contribution in [3.05, 3.63) is 36.2 Å². The van der Waals surface area contributed by atoms with Gasteiger partial charge in [0.05, 0.1) is 5.82 Å². The van der Waals surface area contributed by atoms with Gasteiger partial charge in [0, 0.05) is 49.5 Å². The number of hydrogen-bond acceptors (Lipinski definition) is 4. The Bertz CT molecular complexity index is 568. The number of likely N-dealkylation sites (N-methyl/N-ethyl adjacent to an activating group) is 1. The molecule has 1 spiro atoms. The predicted molar refractivity (Wildman–Crippen MR) is 87.8 cm³/mol. The molecule has 4 nitrogen and oxygen atoms in total. The quantitative estimate of drug-likeness (QED) is 0.825. The Hall–Kier alpha value is -1.68. The standard InChI is InChI=1S/C17H24N4/c1-13-18-12-17(5-6-17)15-11-14(3-4-16(15)19-13)21-9-7-20(2)8-10-21/h3-4,11,18-19H,1,5-10,12H2,2H3. The number of anilines is 2. The zero-order chi connectivity index (χ0) is 14.4. The van der Waals surface area contributed by atoms with Crippen molar-refractivity contribution in [2.75, 3.05) is 50.0 Å². The number of rotatable bonds is 1. The van der Waals surface area contributed by atoms with Gasteiger partial charge in [0.2, 0.25) is 0 Å². The summed E-state index contributed by atoms with van der Waals surface area (Å²) in [5.74, 6) is 0.923. The molecule has 1 saturated carbocycles. The number of nitrogens with zero attached hydrogens (tertiary/aromatic N) is 2. The fourth-order valence-corrected chi connectivity index (χ4v) is 3.52. The topological polar surface area (TPSA) is 30.5 Å². The molecule has 1 aliphatic carbocycles.